The first kappa shape index (κ1) is 33.2. The van der Waals surface area contributed by atoms with Crippen molar-refractivity contribution in [3.63, 3.8) is 0 Å². The highest BCUT2D eigenvalue weighted by molar-refractivity contribution is 5.69. The number of nitrogens with zero attached hydrogens (tertiary/aromatic N) is 4. The lowest BCUT2D eigenvalue weighted by Crippen LogP contribution is -2.46. The van der Waals surface area contributed by atoms with Gasteiger partial charge >= 0.3 is 12.2 Å². The molecule has 2 fully saturated rings. The van der Waals surface area contributed by atoms with Crippen molar-refractivity contribution >= 4 is 12.2 Å². The second kappa shape index (κ2) is 15.3. The van der Waals surface area contributed by atoms with E-state index < -0.39 is 11.2 Å². The zero-order valence-electron chi connectivity index (χ0n) is 26.9. The fourth-order valence-corrected chi connectivity index (χ4v) is 5.68. The SMILES string of the molecule is CCc1cc(CCCN(CCCN(C(=O)OC(C)(C)C)C2CCCCC2)C(=O)OC(C)(C)C)nn1C1CCCCO1. The summed E-state index contributed by atoms with van der Waals surface area (Å²) < 4.78 is 19.6. The van der Waals surface area contributed by atoms with E-state index in [-0.39, 0.29) is 24.5 Å². The first-order chi connectivity index (χ1) is 19.4. The van der Waals surface area contributed by atoms with Crippen LogP contribution in [0.1, 0.15) is 130 Å². The molecule has 1 aliphatic carbocycles. The molecule has 2 heterocycles. The average molecular weight is 577 g/mol. The standard InChI is InChI=1S/C32H56N4O5/c1-8-26-24-25(33-36(26)28-19-12-13-23-39-28)16-14-20-34(29(37)40-31(2,3)4)21-15-22-35(27-17-10-9-11-18-27)30(38)41-32(5,6)7/h24,27-28H,8-23H2,1-7H3. The van der Waals surface area contributed by atoms with E-state index in [1.165, 1.54) is 18.5 Å². The largest absolute Gasteiger partial charge is 0.444 e. The van der Waals surface area contributed by atoms with Gasteiger partial charge in [-0.2, -0.15) is 5.10 Å². The molecule has 1 aromatic heterocycles. The molecule has 2 aliphatic rings. The van der Waals surface area contributed by atoms with Crippen LogP contribution >= 0.6 is 0 Å². The molecule has 1 saturated carbocycles. The minimum Gasteiger partial charge on any atom is -0.444 e. The van der Waals surface area contributed by atoms with E-state index in [2.05, 4.69) is 17.7 Å². The van der Waals surface area contributed by atoms with E-state index in [1.54, 1.807) is 4.90 Å². The molecule has 41 heavy (non-hydrogen) atoms. The van der Waals surface area contributed by atoms with Crippen molar-refractivity contribution in [1.82, 2.24) is 19.6 Å². The monoisotopic (exact) mass is 576 g/mol. The Balaban J connectivity index is 1.62. The quantitative estimate of drug-likeness (QED) is 0.275. The molecule has 0 radical (unpaired) electrons. The Labute approximate surface area is 248 Å². The third kappa shape index (κ3) is 11.1. The Bertz CT molecular complexity index is 952. The van der Waals surface area contributed by atoms with Gasteiger partial charge in [-0.3, -0.25) is 0 Å². The van der Waals surface area contributed by atoms with Crippen molar-refractivity contribution in [1.29, 1.82) is 0 Å². The molecule has 2 amide bonds. The third-order valence-corrected chi connectivity index (χ3v) is 7.64. The normalized spacial score (nSPS) is 18.7. The summed E-state index contributed by atoms with van der Waals surface area (Å²) in [7, 11) is 0. The minimum absolute atomic E-state index is 0.0304. The van der Waals surface area contributed by atoms with Crippen molar-refractivity contribution in [2.75, 3.05) is 26.2 Å². The van der Waals surface area contributed by atoms with E-state index in [4.69, 9.17) is 19.3 Å². The predicted molar refractivity (Wildman–Crippen MR) is 161 cm³/mol. The highest BCUT2D eigenvalue weighted by Crippen LogP contribution is 2.26. The molecule has 1 unspecified atom stereocenters. The molecule has 0 bridgehead atoms. The fourth-order valence-electron chi connectivity index (χ4n) is 5.68. The molecule has 9 nitrogen and oxygen atoms in total. The van der Waals surface area contributed by atoms with E-state index in [0.29, 0.717) is 26.1 Å². The van der Waals surface area contributed by atoms with Gasteiger partial charge in [0.25, 0.3) is 0 Å². The number of aromatic nitrogens is 2. The summed E-state index contributed by atoms with van der Waals surface area (Å²) in [5.41, 5.74) is 1.11. The third-order valence-electron chi connectivity index (χ3n) is 7.64. The number of carbonyl (C=O) groups excluding carboxylic acids is 2. The maximum atomic E-state index is 13.2. The molecule has 0 N–H and O–H groups in total. The minimum atomic E-state index is -0.575. The molecular weight excluding hydrogens is 520 g/mol. The smallest absolute Gasteiger partial charge is 0.410 e. The molecule has 3 rings (SSSR count). The van der Waals surface area contributed by atoms with Crippen LogP contribution in [0, 0.1) is 0 Å². The second-order valence-corrected chi connectivity index (χ2v) is 13.6. The van der Waals surface area contributed by atoms with Gasteiger partial charge in [-0.1, -0.05) is 26.2 Å². The van der Waals surface area contributed by atoms with Crippen molar-refractivity contribution < 1.29 is 23.8 Å². The van der Waals surface area contributed by atoms with Crippen LogP contribution in [0.25, 0.3) is 0 Å². The summed E-state index contributed by atoms with van der Waals surface area (Å²) in [4.78, 5) is 30.0. The molecule has 9 heteroatoms. The summed E-state index contributed by atoms with van der Waals surface area (Å²) in [5.74, 6) is 0. The lowest BCUT2D eigenvalue weighted by molar-refractivity contribution is -0.0412. The van der Waals surface area contributed by atoms with Gasteiger partial charge in [0.1, 0.15) is 17.4 Å². The van der Waals surface area contributed by atoms with E-state index >= 15 is 0 Å². The van der Waals surface area contributed by atoms with Crippen molar-refractivity contribution in [2.24, 2.45) is 0 Å². The lowest BCUT2D eigenvalue weighted by atomic mass is 9.94. The van der Waals surface area contributed by atoms with Crippen LogP contribution in [0.5, 0.6) is 0 Å². The predicted octanol–water partition coefficient (Wildman–Crippen LogP) is 7.27. The van der Waals surface area contributed by atoms with E-state index in [9.17, 15) is 9.59 Å². The Kier molecular flexibility index (Phi) is 12.4. The van der Waals surface area contributed by atoms with Gasteiger partial charge in [0.2, 0.25) is 0 Å². The van der Waals surface area contributed by atoms with Crippen LogP contribution in [0.2, 0.25) is 0 Å². The molecule has 1 aliphatic heterocycles. The molecule has 1 aromatic rings. The number of hydrogen-bond donors (Lipinski definition) is 0. The number of rotatable bonds is 11. The number of carbonyl (C=O) groups is 2. The van der Waals surface area contributed by atoms with Crippen LogP contribution in [0.15, 0.2) is 6.07 Å². The topological polar surface area (TPSA) is 86.1 Å². The van der Waals surface area contributed by atoms with Gasteiger partial charge in [0, 0.05) is 38.0 Å². The van der Waals surface area contributed by atoms with Gasteiger partial charge in [0.05, 0.1) is 5.69 Å². The maximum Gasteiger partial charge on any atom is 0.410 e. The maximum absolute atomic E-state index is 13.2. The first-order valence-corrected chi connectivity index (χ1v) is 16.0. The van der Waals surface area contributed by atoms with Crippen molar-refractivity contribution in [2.45, 2.75) is 149 Å². The van der Waals surface area contributed by atoms with Gasteiger partial charge in [-0.05, 0) is 105 Å². The zero-order chi connectivity index (χ0) is 30.0. The number of ether oxygens (including phenoxy) is 3. The number of hydrogen-bond acceptors (Lipinski definition) is 6. The first-order valence-electron chi connectivity index (χ1n) is 16.0. The summed E-state index contributed by atoms with van der Waals surface area (Å²) >= 11 is 0. The van der Waals surface area contributed by atoms with Crippen LogP contribution in [0.3, 0.4) is 0 Å². The van der Waals surface area contributed by atoms with E-state index in [1.807, 2.05) is 46.4 Å². The molecule has 1 atom stereocenters. The van der Waals surface area contributed by atoms with Crippen LogP contribution in [-0.4, -0.2) is 75.3 Å². The summed E-state index contributed by atoms with van der Waals surface area (Å²) in [6.07, 6.45) is 11.4. The Morgan fingerprint density at radius 1 is 0.902 bits per heavy atom. The van der Waals surface area contributed by atoms with Crippen molar-refractivity contribution in [3.8, 4) is 0 Å². The van der Waals surface area contributed by atoms with Crippen LogP contribution in [-0.2, 0) is 27.1 Å². The summed E-state index contributed by atoms with van der Waals surface area (Å²) in [6, 6.07) is 2.38. The second-order valence-electron chi connectivity index (χ2n) is 13.6. The van der Waals surface area contributed by atoms with Gasteiger partial charge in [0.15, 0.2) is 0 Å². The van der Waals surface area contributed by atoms with Gasteiger partial charge in [-0.15, -0.1) is 0 Å². The van der Waals surface area contributed by atoms with Crippen molar-refractivity contribution in [3.05, 3.63) is 17.5 Å². The highest BCUT2D eigenvalue weighted by atomic mass is 16.6. The fraction of sp³-hybridized carbons (Fsp3) is 0.844. The summed E-state index contributed by atoms with van der Waals surface area (Å²) in [5, 5.41) is 4.89. The number of amides is 2. The Hall–Kier alpha value is -2.29. The Morgan fingerprint density at radius 3 is 2.15 bits per heavy atom. The molecule has 0 spiro atoms. The van der Waals surface area contributed by atoms with Crippen LogP contribution in [0.4, 0.5) is 9.59 Å². The Morgan fingerprint density at radius 2 is 1.54 bits per heavy atom. The van der Waals surface area contributed by atoms with E-state index in [0.717, 1.165) is 70.1 Å². The van der Waals surface area contributed by atoms with Gasteiger partial charge < -0.3 is 24.0 Å². The highest BCUT2D eigenvalue weighted by Gasteiger charge is 2.30. The van der Waals surface area contributed by atoms with Gasteiger partial charge in [-0.25, -0.2) is 14.3 Å². The molecule has 0 aromatic carbocycles. The molecular formula is C32H56N4O5. The summed E-state index contributed by atoms with van der Waals surface area (Å²) in [6.45, 7) is 16.0. The van der Waals surface area contributed by atoms with Crippen LogP contribution < -0.4 is 0 Å². The molecule has 1 saturated heterocycles. The number of aryl methyl sites for hydroxylation is 2. The lowest BCUT2D eigenvalue weighted by Gasteiger charge is -2.36. The average Bonchev–Trinajstić information content (AvgIpc) is 3.32. The zero-order valence-corrected chi connectivity index (χ0v) is 26.9. The molecule has 234 valence electrons.